The highest BCUT2D eigenvalue weighted by atomic mass is 35.5. The largest absolute Gasteiger partial charge is 0.496 e. The number of carbonyl (C=O) groups excluding carboxylic acids is 1. The number of hydrogen-bond donors (Lipinski definition) is 1. The number of aryl methyl sites for hydroxylation is 1. The van der Waals surface area contributed by atoms with Crippen molar-refractivity contribution in [3.63, 3.8) is 0 Å². The number of para-hydroxylation sites is 1. The lowest BCUT2D eigenvalue weighted by atomic mass is 10.2. The Morgan fingerprint density at radius 3 is 2.68 bits per heavy atom. The van der Waals surface area contributed by atoms with Crippen molar-refractivity contribution in [2.24, 2.45) is 0 Å². The van der Waals surface area contributed by atoms with E-state index in [2.05, 4.69) is 5.32 Å². The van der Waals surface area contributed by atoms with Crippen molar-refractivity contribution in [2.75, 3.05) is 20.3 Å². The van der Waals surface area contributed by atoms with Crippen molar-refractivity contribution in [3.8, 4) is 11.5 Å². The number of rotatable bonds is 6. The minimum atomic E-state index is -0.243. The van der Waals surface area contributed by atoms with Gasteiger partial charge in [0.25, 0.3) is 5.91 Å². The highest BCUT2D eigenvalue weighted by Crippen LogP contribution is 2.22. The Bertz CT molecular complexity index is 658. The van der Waals surface area contributed by atoms with Gasteiger partial charge >= 0.3 is 0 Å². The van der Waals surface area contributed by atoms with E-state index in [4.69, 9.17) is 21.1 Å². The second-order valence-corrected chi connectivity index (χ2v) is 5.15. The summed E-state index contributed by atoms with van der Waals surface area (Å²) in [7, 11) is 1.52. The summed E-state index contributed by atoms with van der Waals surface area (Å²) in [4.78, 5) is 12.1. The first kappa shape index (κ1) is 16.2. The van der Waals surface area contributed by atoms with Crippen LogP contribution in [0.3, 0.4) is 0 Å². The predicted molar refractivity (Wildman–Crippen MR) is 87.0 cm³/mol. The van der Waals surface area contributed by atoms with Crippen molar-refractivity contribution in [2.45, 2.75) is 6.92 Å². The highest BCUT2D eigenvalue weighted by molar-refractivity contribution is 6.31. The van der Waals surface area contributed by atoms with Gasteiger partial charge in [-0.3, -0.25) is 4.79 Å². The van der Waals surface area contributed by atoms with E-state index >= 15 is 0 Å². The molecule has 5 heteroatoms. The van der Waals surface area contributed by atoms with Crippen LogP contribution in [0.25, 0.3) is 0 Å². The Hall–Kier alpha value is -2.20. The summed E-state index contributed by atoms with van der Waals surface area (Å²) in [6.07, 6.45) is 0. The van der Waals surface area contributed by atoms with Gasteiger partial charge in [0.05, 0.1) is 19.2 Å². The zero-order valence-electron chi connectivity index (χ0n) is 12.6. The van der Waals surface area contributed by atoms with Crippen LogP contribution in [0.2, 0.25) is 5.02 Å². The van der Waals surface area contributed by atoms with Crippen LogP contribution in [-0.4, -0.2) is 26.2 Å². The van der Waals surface area contributed by atoms with Gasteiger partial charge in [-0.1, -0.05) is 29.8 Å². The molecule has 0 atom stereocenters. The van der Waals surface area contributed by atoms with Crippen LogP contribution < -0.4 is 14.8 Å². The average molecular weight is 320 g/mol. The zero-order valence-corrected chi connectivity index (χ0v) is 13.3. The number of benzene rings is 2. The molecule has 116 valence electrons. The normalized spacial score (nSPS) is 10.1. The molecular weight excluding hydrogens is 302 g/mol. The van der Waals surface area contributed by atoms with Gasteiger partial charge in [0.2, 0.25) is 0 Å². The molecule has 0 aliphatic rings. The van der Waals surface area contributed by atoms with Crippen LogP contribution in [0, 0.1) is 6.92 Å². The molecule has 0 saturated heterocycles. The Kier molecular flexibility index (Phi) is 5.67. The molecule has 2 aromatic carbocycles. The number of methoxy groups -OCH3 is 1. The minimum absolute atomic E-state index is 0.243. The highest BCUT2D eigenvalue weighted by Gasteiger charge is 2.12. The first-order chi connectivity index (χ1) is 10.6. The van der Waals surface area contributed by atoms with Crippen LogP contribution >= 0.6 is 11.6 Å². The van der Waals surface area contributed by atoms with Crippen LogP contribution in [0.4, 0.5) is 0 Å². The van der Waals surface area contributed by atoms with Gasteiger partial charge in [-0.05, 0) is 36.8 Å². The molecule has 0 aliphatic heterocycles. The molecule has 2 aromatic rings. The molecule has 0 unspecified atom stereocenters. The molecular formula is C17H18ClNO3. The number of ether oxygens (including phenoxy) is 2. The number of nitrogens with one attached hydrogen (secondary N) is 1. The van der Waals surface area contributed by atoms with Gasteiger partial charge in [-0.15, -0.1) is 0 Å². The second kappa shape index (κ2) is 7.71. The molecule has 1 amide bonds. The Labute approximate surface area is 135 Å². The summed E-state index contributed by atoms with van der Waals surface area (Å²) < 4.78 is 10.8. The first-order valence-corrected chi connectivity index (χ1v) is 7.30. The minimum Gasteiger partial charge on any atom is -0.496 e. The molecule has 0 fully saturated rings. The lowest BCUT2D eigenvalue weighted by Gasteiger charge is -2.11. The number of amides is 1. The Balaban J connectivity index is 1.88. The standard InChI is InChI=1S/C17H18ClNO3/c1-12-5-3-4-6-15(12)22-10-9-19-17(20)14-11-13(18)7-8-16(14)21-2/h3-8,11H,9-10H2,1-2H3,(H,19,20). The van der Waals surface area contributed by atoms with Crippen molar-refractivity contribution >= 4 is 17.5 Å². The van der Waals surface area contributed by atoms with Crippen molar-refractivity contribution < 1.29 is 14.3 Å². The van der Waals surface area contributed by atoms with E-state index < -0.39 is 0 Å². The monoisotopic (exact) mass is 319 g/mol. The molecule has 0 bridgehead atoms. The fourth-order valence-electron chi connectivity index (χ4n) is 2.00. The third-order valence-corrected chi connectivity index (χ3v) is 3.38. The fourth-order valence-corrected chi connectivity index (χ4v) is 2.17. The van der Waals surface area contributed by atoms with E-state index in [9.17, 15) is 4.79 Å². The molecule has 0 heterocycles. The third kappa shape index (κ3) is 4.15. The van der Waals surface area contributed by atoms with E-state index in [1.165, 1.54) is 7.11 Å². The maximum Gasteiger partial charge on any atom is 0.255 e. The van der Waals surface area contributed by atoms with E-state index in [1.807, 2.05) is 31.2 Å². The van der Waals surface area contributed by atoms with E-state index in [0.717, 1.165) is 11.3 Å². The van der Waals surface area contributed by atoms with Crippen LogP contribution in [0.15, 0.2) is 42.5 Å². The predicted octanol–water partition coefficient (Wildman–Crippen LogP) is 3.47. The third-order valence-electron chi connectivity index (χ3n) is 3.14. The molecule has 1 N–H and O–H groups in total. The quantitative estimate of drug-likeness (QED) is 0.829. The Morgan fingerprint density at radius 1 is 1.18 bits per heavy atom. The summed E-state index contributed by atoms with van der Waals surface area (Å²) in [5.74, 6) is 1.06. The maximum absolute atomic E-state index is 12.1. The van der Waals surface area contributed by atoms with Crippen LogP contribution in [0.1, 0.15) is 15.9 Å². The van der Waals surface area contributed by atoms with Gasteiger partial charge in [-0.25, -0.2) is 0 Å². The smallest absolute Gasteiger partial charge is 0.255 e. The molecule has 22 heavy (non-hydrogen) atoms. The molecule has 0 radical (unpaired) electrons. The average Bonchev–Trinajstić information content (AvgIpc) is 2.52. The van der Waals surface area contributed by atoms with E-state index in [0.29, 0.717) is 29.5 Å². The SMILES string of the molecule is COc1ccc(Cl)cc1C(=O)NCCOc1ccccc1C. The van der Waals surface area contributed by atoms with Crippen molar-refractivity contribution in [1.29, 1.82) is 0 Å². The summed E-state index contributed by atoms with van der Waals surface area (Å²) in [5, 5.41) is 3.28. The lowest BCUT2D eigenvalue weighted by Crippen LogP contribution is -2.28. The van der Waals surface area contributed by atoms with Crippen molar-refractivity contribution in [1.82, 2.24) is 5.32 Å². The number of hydrogen-bond acceptors (Lipinski definition) is 3. The van der Waals surface area contributed by atoms with Gasteiger partial charge in [0.1, 0.15) is 18.1 Å². The van der Waals surface area contributed by atoms with E-state index in [-0.39, 0.29) is 5.91 Å². The summed E-state index contributed by atoms with van der Waals surface area (Å²) in [5.41, 5.74) is 1.47. The Morgan fingerprint density at radius 2 is 1.95 bits per heavy atom. The molecule has 2 rings (SSSR count). The van der Waals surface area contributed by atoms with Gasteiger partial charge < -0.3 is 14.8 Å². The van der Waals surface area contributed by atoms with Gasteiger partial charge in [0.15, 0.2) is 0 Å². The lowest BCUT2D eigenvalue weighted by molar-refractivity contribution is 0.0944. The zero-order chi connectivity index (χ0) is 15.9. The summed E-state index contributed by atoms with van der Waals surface area (Å²) in [6, 6.07) is 12.7. The van der Waals surface area contributed by atoms with Crippen molar-refractivity contribution in [3.05, 3.63) is 58.6 Å². The molecule has 0 aromatic heterocycles. The molecule has 0 spiro atoms. The summed E-state index contributed by atoms with van der Waals surface area (Å²) in [6.45, 7) is 2.76. The number of halogens is 1. The van der Waals surface area contributed by atoms with Crippen LogP contribution in [0.5, 0.6) is 11.5 Å². The summed E-state index contributed by atoms with van der Waals surface area (Å²) >= 11 is 5.92. The topological polar surface area (TPSA) is 47.6 Å². The number of carbonyl (C=O) groups is 1. The van der Waals surface area contributed by atoms with Gasteiger partial charge in [0, 0.05) is 5.02 Å². The fraction of sp³-hybridized carbons (Fsp3) is 0.235. The second-order valence-electron chi connectivity index (χ2n) is 4.71. The van der Waals surface area contributed by atoms with Crippen LogP contribution in [-0.2, 0) is 0 Å². The molecule has 0 aliphatic carbocycles. The first-order valence-electron chi connectivity index (χ1n) is 6.92. The molecule has 0 saturated carbocycles. The van der Waals surface area contributed by atoms with Gasteiger partial charge in [-0.2, -0.15) is 0 Å². The molecule has 4 nitrogen and oxygen atoms in total. The van der Waals surface area contributed by atoms with E-state index in [1.54, 1.807) is 18.2 Å². The maximum atomic E-state index is 12.1.